The Balaban J connectivity index is 1.50. The van der Waals surface area contributed by atoms with Crippen LogP contribution in [0.5, 0.6) is 5.75 Å². The largest absolute Gasteiger partial charge is 0.497 e. The normalized spacial score (nSPS) is 14.2. The van der Waals surface area contributed by atoms with E-state index in [0.717, 1.165) is 37.0 Å². The molecule has 4 rings (SSSR count). The zero-order valence-corrected chi connectivity index (χ0v) is 19.7. The fraction of sp³-hybridized carbons (Fsp3) is 0.259. The number of carbonyl (C=O) groups is 2. The lowest BCUT2D eigenvalue weighted by Gasteiger charge is -2.28. The lowest BCUT2D eigenvalue weighted by molar-refractivity contribution is -0.385. The molecule has 35 heavy (non-hydrogen) atoms. The van der Waals surface area contributed by atoms with Crippen molar-refractivity contribution in [3.05, 3.63) is 93.5 Å². The Morgan fingerprint density at radius 3 is 2.11 bits per heavy atom. The summed E-state index contributed by atoms with van der Waals surface area (Å²) < 4.78 is 5.18. The summed E-state index contributed by atoms with van der Waals surface area (Å²) in [7, 11) is 1.60. The Morgan fingerprint density at radius 1 is 0.914 bits per heavy atom. The second-order valence-corrected chi connectivity index (χ2v) is 8.76. The van der Waals surface area contributed by atoms with Crippen molar-refractivity contribution in [1.29, 1.82) is 0 Å². The molecule has 0 aliphatic heterocycles. The number of nitro benzene ring substituents is 1. The van der Waals surface area contributed by atoms with E-state index in [-0.39, 0.29) is 17.2 Å². The number of hydrogen-bond acceptors (Lipinski definition) is 5. The Hall–Kier alpha value is -4.20. The molecule has 0 heterocycles. The minimum Gasteiger partial charge on any atom is -0.497 e. The number of methoxy groups -OCH3 is 1. The van der Waals surface area contributed by atoms with Gasteiger partial charge in [0, 0.05) is 28.6 Å². The third-order valence-corrected chi connectivity index (χ3v) is 6.60. The first kappa shape index (κ1) is 23.9. The molecule has 180 valence electrons. The molecule has 2 N–H and O–H groups in total. The Morgan fingerprint density at radius 2 is 1.51 bits per heavy atom. The van der Waals surface area contributed by atoms with Gasteiger partial charge in [-0.3, -0.25) is 19.7 Å². The zero-order valence-electron chi connectivity index (χ0n) is 19.7. The third kappa shape index (κ3) is 5.01. The van der Waals surface area contributed by atoms with E-state index in [1.165, 1.54) is 6.07 Å². The van der Waals surface area contributed by atoms with Gasteiger partial charge in [0.05, 0.1) is 17.4 Å². The number of aryl methyl sites for hydroxylation is 1. The highest BCUT2D eigenvalue weighted by atomic mass is 16.6. The lowest BCUT2D eigenvalue weighted by atomic mass is 9.78. The van der Waals surface area contributed by atoms with E-state index in [4.69, 9.17) is 4.74 Å². The second-order valence-electron chi connectivity index (χ2n) is 8.76. The van der Waals surface area contributed by atoms with Crippen LogP contribution in [0.4, 0.5) is 17.1 Å². The van der Waals surface area contributed by atoms with Crippen molar-refractivity contribution in [3.63, 3.8) is 0 Å². The quantitative estimate of drug-likeness (QED) is 0.342. The van der Waals surface area contributed by atoms with Crippen LogP contribution in [0.15, 0.2) is 66.7 Å². The van der Waals surface area contributed by atoms with Crippen molar-refractivity contribution >= 4 is 28.9 Å². The van der Waals surface area contributed by atoms with Crippen molar-refractivity contribution in [2.24, 2.45) is 0 Å². The van der Waals surface area contributed by atoms with Crippen molar-refractivity contribution in [3.8, 4) is 5.75 Å². The number of nitrogens with zero attached hydrogens (tertiary/aromatic N) is 1. The van der Waals surface area contributed by atoms with Gasteiger partial charge in [0.1, 0.15) is 5.75 Å². The number of benzene rings is 3. The van der Waals surface area contributed by atoms with Crippen LogP contribution in [-0.2, 0) is 10.2 Å². The lowest BCUT2D eigenvalue weighted by Crippen LogP contribution is -2.38. The Bertz CT molecular complexity index is 1250. The Kier molecular flexibility index (Phi) is 6.82. The maximum Gasteiger partial charge on any atom is 0.273 e. The summed E-state index contributed by atoms with van der Waals surface area (Å²) in [4.78, 5) is 36.7. The van der Waals surface area contributed by atoms with Gasteiger partial charge in [-0.2, -0.15) is 0 Å². The number of carbonyl (C=O) groups excluding carboxylic acids is 2. The molecule has 3 aromatic carbocycles. The SMILES string of the molecule is COc1ccc(NC(=O)C2(c3ccc(NC(=O)c4ccc(C)c([N+](=O)[O-])c4)cc3)CCCC2)cc1. The van der Waals surface area contributed by atoms with Crippen LogP contribution in [0.1, 0.15) is 47.2 Å². The Labute approximate surface area is 203 Å². The van der Waals surface area contributed by atoms with Crippen LogP contribution in [0.2, 0.25) is 0 Å². The maximum atomic E-state index is 13.4. The molecule has 1 saturated carbocycles. The molecule has 0 bridgehead atoms. The average molecular weight is 474 g/mol. The van der Waals surface area contributed by atoms with Gasteiger partial charge in [-0.25, -0.2) is 0 Å². The number of nitro groups is 1. The van der Waals surface area contributed by atoms with Gasteiger partial charge in [0.15, 0.2) is 0 Å². The monoisotopic (exact) mass is 473 g/mol. The number of ether oxygens (including phenoxy) is 1. The minimum absolute atomic E-state index is 0.0519. The van der Waals surface area contributed by atoms with E-state index in [9.17, 15) is 19.7 Å². The molecule has 0 unspecified atom stereocenters. The molecule has 8 nitrogen and oxygen atoms in total. The summed E-state index contributed by atoms with van der Waals surface area (Å²) in [5.41, 5.74) is 2.11. The molecular formula is C27H27N3O5. The number of rotatable bonds is 7. The fourth-order valence-corrected chi connectivity index (χ4v) is 4.57. The van der Waals surface area contributed by atoms with E-state index in [0.29, 0.717) is 16.9 Å². The molecule has 0 aromatic heterocycles. The van der Waals surface area contributed by atoms with Crippen LogP contribution in [0, 0.1) is 17.0 Å². The third-order valence-electron chi connectivity index (χ3n) is 6.60. The number of amides is 2. The molecule has 1 fully saturated rings. The van der Waals surface area contributed by atoms with Crippen LogP contribution < -0.4 is 15.4 Å². The van der Waals surface area contributed by atoms with Gasteiger partial charge in [0.25, 0.3) is 11.6 Å². The molecule has 0 radical (unpaired) electrons. The number of hydrogen-bond donors (Lipinski definition) is 2. The van der Waals surface area contributed by atoms with E-state index in [2.05, 4.69) is 10.6 Å². The van der Waals surface area contributed by atoms with Crippen molar-refractivity contribution in [1.82, 2.24) is 0 Å². The summed E-state index contributed by atoms with van der Waals surface area (Å²) in [6.07, 6.45) is 3.41. The fourth-order valence-electron chi connectivity index (χ4n) is 4.57. The summed E-state index contributed by atoms with van der Waals surface area (Å²) in [5, 5.41) is 17.0. The first-order valence-electron chi connectivity index (χ1n) is 11.4. The van der Waals surface area contributed by atoms with Crippen molar-refractivity contribution in [2.45, 2.75) is 38.0 Å². The second kappa shape index (κ2) is 9.97. The predicted molar refractivity (Wildman–Crippen MR) is 134 cm³/mol. The number of nitrogens with one attached hydrogen (secondary N) is 2. The van der Waals surface area contributed by atoms with Gasteiger partial charge in [0.2, 0.25) is 5.91 Å². The molecule has 0 saturated heterocycles. The molecule has 1 aliphatic carbocycles. The molecule has 1 aliphatic rings. The van der Waals surface area contributed by atoms with Crippen molar-refractivity contribution in [2.75, 3.05) is 17.7 Å². The van der Waals surface area contributed by atoms with Crippen LogP contribution in [0.3, 0.4) is 0 Å². The van der Waals surface area contributed by atoms with E-state index in [1.807, 2.05) is 24.3 Å². The number of anilines is 2. The van der Waals surface area contributed by atoms with Gasteiger partial charge < -0.3 is 15.4 Å². The highest BCUT2D eigenvalue weighted by Gasteiger charge is 2.42. The van der Waals surface area contributed by atoms with E-state index in [1.54, 1.807) is 50.4 Å². The van der Waals surface area contributed by atoms with E-state index >= 15 is 0 Å². The maximum absolute atomic E-state index is 13.4. The van der Waals surface area contributed by atoms with Gasteiger partial charge in [-0.05, 0) is 67.8 Å². The summed E-state index contributed by atoms with van der Waals surface area (Å²) in [6, 6.07) is 18.9. The van der Waals surface area contributed by atoms with Crippen LogP contribution in [-0.4, -0.2) is 23.8 Å². The van der Waals surface area contributed by atoms with Crippen molar-refractivity contribution < 1.29 is 19.2 Å². The summed E-state index contributed by atoms with van der Waals surface area (Å²) in [5.74, 6) is 0.231. The first-order valence-corrected chi connectivity index (χ1v) is 11.4. The van der Waals surface area contributed by atoms with E-state index < -0.39 is 16.2 Å². The highest BCUT2D eigenvalue weighted by Crippen LogP contribution is 2.42. The highest BCUT2D eigenvalue weighted by molar-refractivity contribution is 6.05. The first-order chi connectivity index (χ1) is 16.8. The molecule has 2 amide bonds. The molecule has 3 aromatic rings. The molecule has 0 atom stereocenters. The topological polar surface area (TPSA) is 111 Å². The van der Waals surface area contributed by atoms with Crippen LogP contribution >= 0.6 is 0 Å². The molecule has 0 spiro atoms. The molecule has 8 heteroatoms. The molecular weight excluding hydrogens is 446 g/mol. The van der Waals surface area contributed by atoms with Crippen LogP contribution in [0.25, 0.3) is 0 Å². The predicted octanol–water partition coefficient (Wildman–Crippen LogP) is 5.61. The zero-order chi connectivity index (χ0) is 25.0. The van der Waals surface area contributed by atoms with Gasteiger partial charge in [-0.15, -0.1) is 0 Å². The standard InChI is InChI=1S/C27H27N3O5/c1-18-5-6-19(17-24(18)30(33)34)25(31)28-21-9-7-20(8-10-21)27(15-3-4-16-27)26(32)29-22-11-13-23(35-2)14-12-22/h5-14,17H,3-4,15-16H2,1-2H3,(H,28,31)(H,29,32). The van der Waals surface area contributed by atoms with Gasteiger partial charge >= 0.3 is 0 Å². The average Bonchev–Trinajstić information content (AvgIpc) is 3.36. The van der Waals surface area contributed by atoms with Gasteiger partial charge in [-0.1, -0.05) is 31.0 Å². The summed E-state index contributed by atoms with van der Waals surface area (Å²) >= 11 is 0. The smallest absolute Gasteiger partial charge is 0.273 e. The minimum atomic E-state index is -0.639. The summed E-state index contributed by atoms with van der Waals surface area (Å²) in [6.45, 7) is 1.63.